The number of urea groups is 1. The molecule has 0 fully saturated rings. The number of rotatable bonds is 5. The van der Waals surface area contributed by atoms with E-state index < -0.39 is 0 Å². The fourth-order valence-corrected chi connectivity index (χ4v) is 1.67. The molecule has 4 heteroatoms. The smallest absolute Gasteiger partial charge is 0.321 e. The van der Waals surface area contributed by atoms with E-state index in [1.807, 2.05) is 31.2 Å². The van der Waals surface area contributed by atoms with Crippen molar-refractivity contribution in [1.82, 2.24) is 4.90 Å². The molecule has 0 aliphatic carbocycles. The lowest BCUT2D eigenvalue weighted by Gasteiger charge is -2.21. The van der Waals surface area contributed by atoms with Crippen LogP contribution in [0.1, 0.15) is 19.4 Å². The predicted molar refractivity (Wildman–Crippen MR) is 69.2 cm³/mol. The predicted octanol–water partition coefficient (Wildman–Crippen LogP) is 2.10. The Morgan fingerprint density at radius 3 is 2.65 bits per heavy atom. The highest BCUT2D eigenvalue weighted by molar-refractivity contribution is 5.90. The van der Waals surface area contributed by atoms with Gasteiger partial charge in [-0.15, -0.1) is 0 Å². The molecule has 1 aromatic carbocycles. The molecule has 1 rings (SSSR count). The molecule has 0 saturated heterocycles. The van der Waals surface area contributed by atoms with Crippen LogP contribution in [0.4, 0.5) is 10.5 Å². The van der Waals surface area contributed by atoms with E-state index in [2.05, 4.69) is 12.2 Å². The maximum atomic E-state index is 11.9. The number of nitrogens with zero attached hydrogens (tertiary/aromatic N) is 1. The summed E-state index contributed by atoms with van der Waals surface area (Å²) in [5.41, 5.74) is 1.96. The maximum absolute atomic E-state index is 11.9. The lowest BCUT2D eigenvalue weighted by Crippen LogP contribution is -2.37. The Labute approximate surface area is 102 Å². The van der Waals surface area contributed by atoms with Crippen molar-refractivity contribution >= 4 is 11.7 Å². The van der Waals surface area contributed by atoms with E-state index in [0.29, 0.717) is 13.1 Å². The van der Waals surface area contributed by atoms with Crippen LogP contribution in [-0.2, 0) is 6.42 Å². The van der Waals surface area contributed by atoms with Crippen LogP contribution in [0.5, 0.6) is 0 Å². The van der Waals surface area contributed by atoms with Gasteiger partial charge in [0.1, 0.15) is 0 Å². The lowest BCUT2D eigenvalue weighted by molar-refractivity contribution is 0.192. The van der Waals surface area contributed by atoms with Crippen molar-refractivity contribution in [2.75, 3.05) is 25.0 Å². The summed E-state index contributed by atoms with van der Waals surface area (Å²) in [4.78, 5) is 13.5. The molecule has 0 bridgehead atoms. The van der Waals surface area contributed by atoms with E-state index in [4.69, 9.17) is 5.11 Å². The molecule has 0 aromatic heterocycles. The number of benzene rings is 1. The van der Waals surface area contributed by atoms with E-state index in [1.165, 1.54) is 0 Å². The normalized spacial score (nSPS) is 10.1. The first-order valence-corrected chi connectivity index (χ1v) is 5.97. The SMILES string of the molecule is CCc1ccccc1NC(=O)N(CC)CCO. The highest BCUT2D eigenvalue weighted by Crippen LogP contribution is 2.15. The van der Waals surface area contributed by atoms with Crippen molar-refractivity contribution in [2.24, 2.45) is 0 Å². The fraction of sp³-hybridized carbons (Fsp3) is 0.462. The highest BCUT2D eigenvalue weighted by atomic mass is 16.3. The molecule has 0 radical (unpaired) electrons. The number of hydrogen-bond acceptors (Lipinski definition) is 2. The number of amides is 2. The van der Waals surface area contributed by atoms with Gasteiger partial charge in [-0.2, -0.15) is 0 Å². The van der Waals surface area contributed by atoms with Gasteiger partial charge in [0, 0.05) is 18.8 Å². The average Bonchev–Trinajstić information content (AvgIpc) is 2.36. The molecule has 0 heterocycles. The Bertz CT molecular complexity index is 366. The van der Waals surface area contributed by atoms with Crippen LogP contribution >= 0.6 is 0 Å². The van der Waals surface area contributed by atoms with Crippen molar-refractivity contribution in [3.8, 4) is 0 Å². The Kier molecular flexibility index (Phi) is 5.49. The molecule has 0 saturated carbocycles. The van der Waals surface area contributed by atoms with E-state index in [0.717, 1.165) is 17.7 Å². The Morgan fingerprint density at radius 2 is 2.06 bits per heavy atom. The average molecular weight is 236 g/mol. The van der Waals surface area contributed by atoms with Gasteiger partial charge >= 0.3 is 6.03 Å². The zero-order valence-electron chi connectivity index (χ0n) is 10.4. The standard InChI is InChI=1S/C13H20N2O2/c1-3-11-7-5-6-8-12(11)14-13(17)15(4-2)9-10-16/h5-8,16H,3-4,9-10H2,1-2H3,(H,14,17). The zero-order valence-corrected chi connectivity index (χ0v) is 10.4. The van der Waals surface area contributed by atoms with Crippen molar-refractivity contribution in [3.63, 3.8) is 0 Å². The van der Waals surface area contributed by atoms with Gasteiger partial charge in [-0.25, -0.2) is 4.79 Å². The lowest BCUT2D eigenvalue weighted by atomic mass is 10.1. The Hall–Kier alpha value is -1.55. The van der Waals surface area contributed by atoms with Gasteiger partial charge in [0.05, 0.1) is 6.61 Å². The first kappa shape index (κ1) is 13.5. The summed E-state index contributed by atoms with van der Waals surface area (Å²) in [5, 5.41) is 11.7. The molecule has 94 valence electrons. The monoisotopic (exact) mass is 236 g/mol. The summed E-state index contributed by atoms with van der Waals surface area (Å²) in [6.45, 7) is 4.87. The van der Waals surface area contributed by atoms with Crippen LogP contribution in [0, 0.1) is 0 Å². The fourth-order valence-electron chi connectivity index (χ4n) is 1.67. The number of carbonyl (C=O) groups is 1. The second-order valence-electron chi connectivity index (χ2n) is 3.74. The quantitative estimate of drug-likeness (QED) is 0.822. The molecule has 0 spiro atoms. The van der Waals surface area contributed by atoms with Gasteiger partial charge in [-0.1, -0.05) is 25.1 Å². The van der Waals surface area contributed by atoms with E-state index in [1.54, 1.807) is 4.90 Å². The number of para-hydroxylation sites is 1. The molecular formula is C13H20N2O2. The van der Waals surface area contributed by atoms with E-state index in [9.17, 15) is 4.79 Å². The summed E-state index contributed by atoms with van der Waals surface area (Å²) in [6, 6.07) is 7.58. The van der Waals surface area contributed by atoms with Crippen LogP contribution in [0.3, 0.4) is 0 Å². The third-order valence-electron chi connectivity index (χ3n) is 2.68. The molecule has 0 aliphatic rings. The topological polar surface area (TPSA) is 52.6 Å². The van der Waals surface area contributed by atoms with Crippen molar-refractivity contribution in [2.45, 2.75) is 20.3 Å². The van der Waals surface area contributed by atoms with Crippen molar-refractivity contribution < 1.29 is 9.90 Å². The molecular weight excluding hydrogens is 216 g/mol. The molecule has 2 N–H and O–H groups in total. The highest BCUT2D eigenvalue weighted by Gasteiger charge is 2.11. The molecule has 2 amide bonds. The van der Waals surface area contributed by atoms with Crippen LogP contribution in [0.15, 0.2) is 24.3 Å². The van der Waals surface area contributed by atoms with E-state index >= 15 is 0 Å². The zero-order chi connectivity index (χ0) is 12.7. The molecule has 1 aromatic rings. The molecule has 0 atom stereocenters. The minimum atomic E-state index is -0.164. The second kappa shape index (κ2) is 6.91. The van der Waals surface area contributed by atoms with Crippen LogP contribution in [0.2, 0.25) is 0 Å². The van der Waals surface area contributed by atoms with Crippen LogP contribution in [0.25, 0.3) is 0 Å². The van der Waals surface area contributed by atoms with Gasteiger partial charge in [0.15, 0.2) is 0 Å². The van der Waals surface area contributed by atoms with Crippen LogP contribution < -0.4 is 5.32 Å². The number of anilines is 1. The third kappa shape index (κ3) is 3.75. The van der Waals surface area contributed by atoms with Gasteiger partial charge in [-0.05, 0) is 25.0 Å². The number of aryl methyl sites for hydroxylation is 1. The summed E-state index contributed by atoms with van der Waals surface area (Å²) in [7, 11) is 0. The van der Waals surface area contributed by atoms with Gasteiger partial charge in [-0.3, -0.25) is 0 Å². The van der Waals surface area contributed by atoms with Crippen molar-refractivity contribution in [1.29, 1.82) is 0 Å². The number of nitrogens with one attached hydrogen (secondary N) is 1. The minimum Gasteiger partial charge on any atom is -0.395 e. The number of likely N-dealkylation sites (N-methyl/N-ethyl adjacent to an activating group) is 1. The van der Waals surface area contributed by atoms with Gasteiger partial charge in [0.25, 0.3) is 0 Å². The number of carbonyl (C=O) groups excluding carboxylic acids is 1. The minimum absolute atomic E-state index is 0.0172. The summed E-state index contributed by atoms with van der Waals surface area (Å²) in [5.74, 6) is 0. The number of aliphatic hydroxyl groups is 1. The summed E-state index contributed by atoms with van der Waals surface area (Å²) >= 11 is 0. The second-order valence-corrected chi connectivity index (χ2v) is 3.74. The first-order chi connectivity index (χ1) is 8.22. The largest absolute Gasteiger partial charge is 0.395 e. The van der Waals surface area contributed by atoms with Gasteiger partial charge in [0.2, 0.25) is 0 Å². The maximum Gasteiger partial charge on any atom is 0.321 e. The van der Waals surface area contributed by atoms with Crippen LogP contribution in [-0.4, -0.2) is 35.7 Å². The first-order valence-electron chi connectivity index (χ1n) is 5.97. The van der Waals surface area contributed by atoms with Crippen molar-refractivity contribution in [3.05, 3.63) is 29.8 Å². The summed E-state index contributed by atoms with van der Waals surface area (Å²) in [6.07, 6.45) is 0.878. The summed E-state index contributed by atoms with van der Waals surface area (Å²) < 4.78 is 0. The Morgan fingerprint density at radius 1 is 1.35 bits per heavy atom. The van der Waals surface area contributed by atoms with Gasteiger partial charge < -0.3 is 15.3 Å². The number of aliphatic hydroxyl groups excluding tert-OH is 1. The third-order valence-corrected chi connectivity index (χ3v) is 2.68. The Balaban J connectivity index is 2.72. The number of hydrogen-bond donors (Lipinski definition) is 2. The molecule has 17 heavy (non-hydrogen) atoms. The molecule has 0 unspecified atom stereocenters. The molecule has 4 nitrogen and oxygen atoms in total. The van der Waals surface area contributed by atoms with E-state index in [-0.39, 0.29) is 12.6 Å². The molecule has 0 aliphatic heterocycles.